The average Bonchev–Trinajstić information content (AvgIpc) is 3.11. The average molecular weight is 282 g/mol. The second-order valence-electron chi connectivity index (χ2n) is 3.90. The first-order valence-corrected chi connectivity index (χ1v) is 7.12. The first kappa shape index (κ1) is 11.5. The van der Waals surface area contributed by atoms with E-state index in [9.17, 15) is 4.79 Å². The number of carbonyl (C=O) groups excluding carboxylic acids is 1. The van der Waals surface area contributed by atoms with Crippen LogP contribution in [-0.4, -0.2) is 43.7 Å². The van der Waals surface area contributed by atoms with Crippen molar-refractivity contribution in [2.24, 2.45) is 0 Å². The van der Waals surface area contributed by atoms with Crippen LogP contribution >= 0.6 is 23.1 Å². The summed E-state index contributed by atoms with van der Waals surface area (Å²) in [4.78, 5) is 17.8. The van der Waals surface area contributed by atoms with Crippen LogP contribution in [0.25, 0.3) is 0 Å². The zero-order chi connectivity index (χ0) is 12.4. The lowest BCUT2D eigenvalue weighted by molar-refractivity contribution is 0.0766. The Hall–Kier alpha value is -1.54. The van der Waals surface area contributed by atoms with Gasteiger partial charge in [-0.2, -0.15) is 4.37 Å². The molecule has 18 heavy (non-hydrogen) atoms. The quantitative estimate of drug-likeness (QED) is 0.848. The minimum absolute atomic E-state index is 0.00325. The van der Waals surface area contributed by atoms with Crippen LogP contribution in [0.5, 0.6) is 5.88 Å². The predicted molar refractivity (Wildman–Crippen MR) is 67.0 cm³/mol. The zero-order valence-corrected chi connectivity index (χ0v) is 11.0. The van der Waals surface area contributed by atoms with E-state index in [-0.39, 0.29) is 12.0 Å². The summed E-state index contributed by atoms with van der Waals surface area (Å²) in [6.07, 6.45) is 2.40. The Morgan fingerprint density at radius 2 is 2.50 bits per heavy atom. The number of likely N-dealkylation sites (tertiary alicyclic amines) is 1. The predicted octanol–water partition coefficient (Wildman–Crippen LogP) is 1.29. The molecule has 1 aliphatic heterocycles. The molecule has 6 nitrogen and oxygen atoms in total. The van der Waals surface area contributed by atoms with Crippen molar-refractivity contribution in [2.45, 2.75) is 12.5 Å². The summed E-state index contributed by atoms with van der Waals surface area (Å²) in [6.45, 7) is 1.27. The van der Waals surface area contributed by atoms with Crippen molar-refractivity contribution < 1.29 is 9.53 Å². The molecule has 0 aliphatic carbocycles. The Balaban J connectivity index is 1.60. The number of ether oxygens (including phenoxy) is 1. The summed E-state index contributed by atoms with van der Waals surface area (Å²) in [5, 5.41) is 1.76. The maximum absolute atomic E-state index is 12.0. The molecule has 8 heteroatoms. The fourth-order valence-corrected chi connectivity index (χ4v) is 2.75. The molecular formula is C10H10N4O2S2. The molecule has 0 unspecified atom stereocenters. The van der Waals surface area contributed by atoms with E-state index < -0.39 is 0 Å². The zero-order valence-electron chi connectivity index (χ0n) is 9.35. The molecule has 0 aromatic carbocycles. The van der Waals surface area contributed by atoms with Crippen LogP contribution in [0, 0.1) is 0 Å². The van der Waals surface area contributed by atoms with Gasteiger partial charge >= 0.3 is 0 Å². The number of aromatic nitrogens is 3. The van der Waals surface area contributed by atoms with Gasteiger partial charge in [0, 0.05) is 18.3 Å². The first-order chi connectivity index (χ1) is 8.83. The van der Waals surface area contributed by atoms with Crippen molar-refractivity contribution >= 4 is 29.0 Å². The van der Waals surface area contributed by atoms with E-state index in [0.29, 0.717) is 24.7 Å². The van der Waals surface area contributed by atoms with Gasteiger partial charge in [-0.15, -0.1) is 15.7 Å². The fraction of sp³-hybridized carbons (Fsp3) is 0.400. The lowest BCUT2D eigenvalue weighted by Gasteiger charge is -2.15. The summed E-state index contributed by atoms with van der Waals surface area (Å²) in [5.74, 6) is 0.506. The van der Waals surface area contributed by atoms with E-state index in [1.807, 2.05) is 0 Å². The Morgan fingerprint density at radius 1 is 1.56 bits per heavy atom. The molecular weight excluding hydrogens is 272 g/mol. The number of hydrogen-bond donors (Lipinski definition) is 0. The number of rotatable bonds is 3. The fourth-order valence-electron chi connectivity index (χ4n) is 1.87. The summed E-state index contributed by atoms with van der Waals surface area (Å²) in [7, 11) is 0. The third kappa shape index (κ3) is 2.34. The van der Waals surface area contributed by atoms with Crippen molar-refractivity contribution in [3.8, 4) is 5.88 Å². The number of thiazole rings is 1. The maximum Gasteiger partial charge on any atom is 0.273 e. The van der Waals surface area contributed by atoms with Crippen molar-refractivity contribution in [3.63, 3.8) is 0 Å². The smallest absolute Gasteiger partial charge is 0.273 e. The van der Waals surface area contributed by atoms with Crippen LogP contribution in [-0.2, 0) is 0 Å². The van der Waals surface area contributed by atoms with Gasteiger partial charge in [-0.25, -0.2) is 4.98 Å². The summed E-state index contributed by atoms with van der Waals surface area (Å²) >= 11 is 2.54. The minimum Gasteiger partial charge on any atom is -0.471 e. The molecule has 2 aromatic heterocycles. The number of amides is 1. The number of nitrogens with zero attached hydrogens (tertiary/aromatic N) is 4. The summed E-state index contributed by atoms with van der Waals surface area (Å²) < 4.78 is 13.5. The Kier molecular flexibility index (Phi) is 3.20. The van der Waals surface area contributed by atoms with E-state index >= 15 is 0 Å². The van der Waals surface area contributed by atoms with Gasteiger partial charge in [0.25, 0.3) is 5.91 Å². The molecule has 1 amide bonds. The third-order valence-corrected chi connectivity index (χ3v) is 3.76. The minimum atomic E-state index is -0.0289. The van der Waals surface area contributed by atoms with E-state index in [0.717, 1.165) is 18.1 Å². The van der Waals surface area contributed by atoms with Crippen LogP contribution in [0.3, 0.4) is 0 Å². The van der Waals surface area contributed by atoms with Crippen molar-refractivity contribution in [2.75, 3.05) is 13.1 Å². The largest absolute Gasteiger partial charge is 0.471 e. The molecule has 0 radical (unpaired) electrons. The van der Waals surface area contributed by atoms with Crippen molar-refractivity contribution in [3.05, 3.63) is 22.8 Å². The molecule has 1 atom stereocenters. The van der Waals surface area contributed by atoms with Gasteiger partial charge in [0.15, 0.2) is 0 Å². The Morgan fingerprint density at radius 3 is 3.22 bits per heavy atom. The van der Waals surface area contributed by atoms with Gasteiger partial charge < -0.3 is 9.64 Å². The molecule has 0 spiro atoms. The molecule has 0 saturated carbocycles. The molecule has 0 bridgehead atoms. The maximum atomic E-state index is 12.0. The van der Waals surface area contributed by atoms with Crippen molar-refractivity contribution in [1.82, 2.24) is 18.6 Å². The van der Waals surface area contributed by atoms with Gasteiger partial charge in [-0.05, 0) is 0 Å². The van der Waals surface area contributed by atoms with E-state index in [4.69, 9.17) is 4.74 Å². The Bertz CT molecular complexity index is 514. The molecule has 3 heterocycles. The molecule has 1 fully saturated rings. The normalized spacial score (nSPS) is 19.1. The highest BCUT2D eigenvalue weighted by molar-refractivity contribution is 7.07. The topological polar surface area (TPSA) is 68.2 Å². The first-order valence-electron chi connectivity index (χ1n) is 5.44. The van der Waals surface area contributed by atoms with E-state index in [1.165, 1.54) is 11.3 Å². The summed E-state index contributed by atoms with van der Waals surface area (Å²) in [6, 6.07) is 0. The van der Waals surface area contributed by atoms with Crippen LogP contribution in [0.4, 0.5) is 0 Å². The highest BCUT2D eigenvalue weighted by Gasteiger charge is 2.29. The molecule has 2 aromatic rings. The van der Waals surface area contributed by atoms with Gasteiger partial charge in [0.1, 0.15) is 18.0 Å². The monoisotopic (exact) mass is 282 g/mol. The van der Waals surface area contributed by atoms with Crippen LogP contribution in [0.2, 0.25) is 0 Å². The summed E-state index contributed by atoms with van der Waals surface area (Å²) in [5.41, 5.74) is 2.18. The molecule has 3 rings (SSSR count). The van der Waals surface area contributed by atoms with Crippen molar-refractivity contribution in [1.29, 1.82) is 0 Å². The van der Waals surface area contributed by atoms with Crippen LogP contribution in [0.1, 0.15) is 16.9 Å². The lowest BCUT2D eigenvalue weighted by atomic mass is 10.3. The molecule has 0 N–H and O–H groups in total. The van der Waals surface area contributed by atoms with Gasteiger partial charge in [-0.1, -0.05) is 0 Å². The molecule has 1 aliphatic rings. The highest BCUT2D eigenvalue weighted by Crippen LogP contribution is 2.18. The van der Waals surface area contributed by atoms with Gasteiger partial charge in [-0.3, -0.25) is 4.79 Å². The van der Waals surface area contributed by atoms with Gasteiger partial charge in [0.05, 0.1) is 23.8 Å². The second kappa shape index (κ2) is 4.99. The number of hydrogen-bond acceptors (Lipinski definition) is 7. The van der Waals surface area contributed by atoms with Gasteiger partial charge in [0.2, 0.25) is 5.88 Å². The van der Waals surface area contributed by atoms with Crippen LogP contribution in [0.15, 0.2) is 17.1 Å². The second-order valence-corrected chi connectivity index (χ2v) is 5.17. The lowest BCUT2D eigenvalue weighted by Crippen LogP contribution is -2.31. The SMILES string of the molecule is O=C(c1cscn1)N1CC[C@H](Oc2cnsn2)C1. The number of carbonyl (C=O) groups is 1. The standard InChI is InChI=1S/C10H10N4O2S2/c15-10(8-5-17-6-11-8)14-2-1-7(4-14)16-9-3-12-18-13-9/h3,5-7H,1-2,4H2/t7-/m0/s1. The molecule has 1 saturated heterocycles. The van der Waals surface area contributed by atoms with Crippen LogP contribution < -0.4 is 4.74 Å². The highest BCUT2D eigenvalue weighted by atomic mass is 32.1. The molecule has 94 valence electrons. The third-order valence-electron chi connectivity index (χ3n) is 2.71. The van der Waals surface area contributed by atoms with E-state index in [2.05, 4.69) is 13.7 Å². The van der Waals surface area contributed by atoms with E-state index in [1.54, 1.807) is 22.0 Å². The Labute approximate surface area is 112 Å².